The third-order valence-corrected chi connectivity index (χ3v) is 2.94. The standard InChI is InChI=1S/C16H14N2O/c1-2-19-14-8-5-7-12(10-14)16-11-13-6-3-4-9-15(13)17-18-16/h3-11H,2H2,1H3. The van der Waals surface area contributed by atoms with E-state index in [1.54, 1.807) is 0 Å². The Kier molecular flexibility index (Phi) is 3.11. The van der Waals surface area contributed by atoms with Crippen molar-refractivity contribution in [2.45, 2.75) is 6.92 Å². The Morgan fingerprint density at radius 3 is 2.74 bits per heavy atom. The number of hydrogen-bond donors (Lipinski definition) is 0. The van der Waals surface area contributed by atoms with Crippen molar-refractivity contribution >= 4 is 10.9 Å². The van der Waals surface area contributed by atoms with Crippen molar-refractivity contribution in [3.05, 3.63) is 54.6 Å². The van der Waals surface area contributed by atoms with E-state index in [2.05, 4.69) is 10.2 Å². The molecule has 0 saturated carbocycles. The lowest BCUT2D eigenvalue weighted by Gasteiger charge is -2.06. The minimum atomic E-state index is 0.660. The Labute approximate surface area is 111 Å². The van der Waals surface area contributed by atoms with Gasteiger partial charge in [0, 0.05) is 10.9 Å². The van der Waals surface area contributed by atoms with Crippen LogP contribution in [-0.2, 0) is 0 Å². The van der Waals surface area contributed by atoms with Crippen LogP contribution in [0.25, 0.3) is 22.2 Å². The fourth-order valence-electron chi connectivity index (χ4n) is 2.04. The summed E-state index contributed by atoms with van der Waals surface area (Å²) in [5.41, 5.74) is 2.79. The molecule has 94 valence electrons. The van der Waals surface area contributed by atoms with E-state index < -0.39 is 0 Å². The molecule has 3 rings (SSSR count). The minimum absolute atomic E-state index is 0.660. The molecule has 0 radical (unpaired) electrons. The predicted molar refractivity (Wildman–Crippen MR) is 76.1 cm³/mol. The fourth-order valence-corrected chi connectivity index (χ4v) is 2.04. The summed E-state index contributed by atoms with van der Waals surface area (Å²) in [7, 11) is 0. The molecule has 3 aromatic rings. The number of rotatable bonds is 3. The van der Waals surface area contributed by atoms with Gasteiger partial charge in [0.1, 0.15) is 5.75 Å². The maximum atomic E-state index is 5.51. The molecule has 0 amide bonds. The zero-order valence-electron chi connectivity index (χ0n) is 10.7. The van der Waals surface area contributed by atoms with Crippen LogP contribution in [0.2, 0.25) is 0 Å². The molecule has 19 heavy (non-hydrogen) atoms. The lowest BCUT2D eigenvalue weighted by molar-refractivity contribution is 0.340. The van der Waals surface area contributed by atoms with Crippen LogP contribution in [0.4, 0.5) is 0 Å². The van der Waals surface area contributed by atoms with Crippen LogP contribution in [0, 0.1) is 0 Å². The van der Waals surface area contributed by atoms with E-state index in [1.807, 2.05) is 61.5 Å². The van der Waals surface area contributed by atoms with Crippen molar-refractivity contribution in [1.29, 1.82) is 0 Å². The smallest absolute Gasteiger partial charge is 0.119 e. The molecule has 0 fully saturated rings. The van der Waals surface area contributed by atoms with Crippen LogP contribution in [0.1, 0.15) is 6.92 Å². The maximum Gasteiger partial charge on any atom is 0.119 e. The summed E-state index contributed by atoms with van der Waals surface area (Å²) in [6.45, 7) is 2.63. The Morgan fingerprint density at radius 2 is 1.84 bits per heavy atom. The number of ether oxygens (including phenoxy) is 1. The van der Waals surface area contributed by atoms with Crippen LogP contribution in [0.3, 0.4) is 0 Å². The monoisotopic (exact) mass is 250 g/mol. The average Bonchev–Trinajstić information content (AvgIpc) is 2.47. The third kappa shape index (κ3) is 2.40. The molecule has 0 spiro atoms. The molecule has 0 N–H and O–H groups in total. The normalized spacial score (nSPS) is 10.6. The highest BCUT2D eigenvalue weighted by Crippen LogP contribution is 2.24. The average molecular weight is 250 g/mol. The van der Waals surface area contributed by atoms with Gasteiger partial charge in [-0.05, 0) is 31.2 Å². The molecule has 0 bridgehead atoms. The van der Waals surface area contributed by atoms with E-state index in [-0.39, 0.29) is 0 Å². The third-order valence-electron chi connectivity index (χ3n) is 2.94. The highest BCUT2D eigenvalue weighted by molar-refractivity contribution is 5.81. The summed E-state index contributed by atoms with van der Waals surface area (Å²) < 4.78 is 5.51. The van der Waals surface area contributed by atoms with Gasteiger partial charge in [-0.1, -0.05) is 30.3 Å². The predicted octanol–water partition coefficient (Wildman–Crippen LogP) is 3.70. The molecule has 3 nitrogen and oxygen atoms in total. The Morgan fingerprint density at radius 1 is 0.947 bits per heavy atom. The highest BCUT2D eigenvalue weighted by Gasteiger charge is 2.03. The molecular formula is C16H14N2O. The van der Waals surface area contributed by atoms with Crippen molar-refractivity contribution < 1.29 is 4.74 Å². The van der Waals surface area contributed by atoms with E-state index in [1.165, 1.54) is 0 Å². The number of hydrogen-bond acceptors (Lipinski definition) is 3. The van der Waals surface area contributed by atoms with Gasteiger partial charge in [-0.3, -0.25) is 0 Å². The highest BCUT2D eigenvalue weighted by atomic mass is 16.5. The van der Waals surface area contributed by atoms with Crippen LogP contribution in [-0.4, -0.2) is 16.8 Å². The van der Waals surface area contributed by atoms with Crippen LogP contribution in [0.5, 0.6) is 5.75 Å². The molecule has 2 aromatic carbocycles. The SMILES string of the molecule is CCOc1cccc(-c2cc3ccccc3nn2)c1. The summed E-state index contributed by atoms with van der Waals surface area (Å²) in [6, 6.07) is 17.9. The molecule has 0 saturated heterocycles. The molecule has 0 unspecified atom stereocenters. The molecule has 0 atom stereocenters. The lowest BCUT2D eigenvalue weighted by Crippen LogP contribution is -1.93. The second-order valence-electron chi connectivity index (χ2n) is 4.25. The van der Waals surface area contributed by atoms with E-state index in [4.69, 9.17) is 4.74 Å². The maximum absolute atomic E-state index is 5.51. The Bertz CT molecular complexity index is 710. The number of benzene rings is 2. The van der Waals surface area contributed by atoms with Crippen molar-refractivity contribution in [3.63, 3.8) is 0 Å². The summed E-state index contributed by atoms with van der Waals surface area (Å²) in [6.07, 6.45) is 0. The molecule has 0 aliphatic carbocycles. The minimum Gasteiger partial charge on any atom is -0.494 e. The molecule has 0 aliphatic heterocycles. The largest absolute Gasteiger partial charge is 0.494 e. The van der Waals surface area contributed by atoms with Crippen LogP contribution in [0.15, 0.2) is 54.6 Å². The van der Waals surface area contributed by atoms with Gasteiger partial charge >= 0.3 is 0 Å². The van der Waals surface area contributed by atoms with E-state index >= 15 is 0 Å². The first-order valence-corrected chi connectivity index (χ1v) is 6.32. The van der Waals surface area contributed by atoms with Gasteiger partial charge in [0.2, 0.25) is 0 Å². The molecule has 3 heteroatoms. The van der Waals surface area contributed by atoms with Gasteiger partial charge in [0.05, 0.1) is 17.8 Å². The van der Waals surface area contributed by atoms with Gasteiger partial charge in [0.15, 0.2) is 0 Å². The first-order chi connectivity index (χ1) is 9.36. The van der Waals surface area contributed by atoms with Gasteiger partial charge < -0.3 is 4.74 Å². The summed E-state index contributed by atoms with van der Waals surface area (Å²) >= 11 is 0. The van der Waals surface area contributed by atoms with Crippen molar-refractivity contribution in [3.8, 4) is 17.0 Å². The lowest BCUT2D eigenvalue weighted by atomic mass is 10.1. The van der Waals surface area contributed by atoms with Crippen molar-refractivity contribution in [2.24, 2.45) is 0 Å². The summed E-state index contributed by atoms with van der Waals surface area (Å²) in [5.74, 6) is 0.856. The fraction of sp³-hybridized carbons (Fsp3) is 0.125. The topological polar surface area (TPSA) is 35.0 Å². The molecule has 0 aliphatic rings. The van der Waals surface area contributed by atoms with Crippen molar-refractivity contribution in [2.75, 3.05) is 6.61 Å². The molecule has 1 heterocycles. The second kappa shape index (κ2) is 5.06. The van der Waals surface area contributed by atoms with Gasteiger partial charge in [-0.25, -0.2) is 0 Å². The number of fused-ring (bicyclic) bond motifs is 1. The van der Waals surface area contributed by atoms with Crippen LogP contribution >= 0.6 is 0 Å². The molecule has 1 aromatic heterocycles. The first-order valence-electron chi connectivity index (χ1n) is 6.32. The van der Waals surface area contributed by atoms with E-state index in [9.17, 15) is 0 Å². The zero-order valence-corrected chi connectivity index (χ0v) is 10.7. The summed E-state index contributed by atoms with van der Waals surface area (Å²) in [4.78, 5) is 0. The van der Waals surface area contributed by atoms with E-state index in [0.717, 1.165) is 27.9 Å². The van der Waals surface area contributed by atoms with E-state index in [0.29, 0.717) is 6.61 Å². The Hall–Kier alpha value is -2.42. The zero-order chi connectivity index (χ0) is 13.1. The van der Waals surface area contributed by atoms with Gasteiger partial charge in [-0.15, -0.1) is 10.2 Å². The van der Waals surface area contributed by atoms with Crippen molar-refractivity contribution in [1.82, 2.24) is 10.2 Å². The first kappa shape index (κ1) is 11.7. The number of nitrogens with zero attached hydrogens (tertiary/aromatic N) is 2. The summed E-state index contributed by atoms with van der Waals surface area (Å²) in [5, 5.41) is 9.61. The quantitative estimate of drug-likeness (QED) is 0.711. The molecular weight excluding hydrogens is 236 g/mol. The Balaban J connectivity index is 2.05. The van der Waals surface area contributed by atoms with Gasteiger partial charge in [0.25, 0.3) is 0 Å². The number of aromatic nitrogens is 2. The van der Waals surface area contributed by atoms with Gasteiger partial charge in [-0.2, -0.15) is 0 Å². The van der Waals surface area contributed by atoms with Crippen LogP contribution < -0.4 is 4.74 Å². The second-order valence-corrected chi connectivity index (χ2v) is 4.25.